The van der Waals surface area contributed by atoms with Crippen molar-refractivity contribution in [3.63, 3.8) is 0 Å². The van der Waals surface area contributed by atoms with Crippen molar-refractivity contribution >= 4 is 17.5 Å². The molecule has 32 heavy (non-hydrogen) atoms. The maximum atomic E-state index is 13.5. The van der Waals surface area contributed by atoms with Crippen LogP contribution in [-0.2, 0) is 31.3 Å². The molecule has 0 spiro atoms. The number of ether oxygens (including phenoxy) is 2. The lowest BCUT2D eigenvalue weighted by atomic mass is 9.81. The van der Waals surface area contributed by atoms with E-state index in [0.717, 1.165) is 5.56 Å². The number of benzene rings is 3. The van der Waals surface area contributed by atoms with Crippen molar-refractivity contribution in [3.05, 3.63) is 108 Å². The van der Waals surface area contributed by atoms with E-state index in [9.17, 15) is 14.4 Å². The van der Waals surface area contributed by atoms with Crippen LogP contribution in [0.15, 0.2) is 91.0 Å². The molecule has 0 heterocycles. The number of ketones is 2. The Morgan fingerprint density at radius 3 is 1.94 bits per heavy atom. The molecule has 1 atom stereocenters. The summed E-state index contributed by atoms with van der Waals surface area (Å²) >= 11 is 0. The molecule has 0 fully saturated rings. The lowest BCUT2D eigenvalue weighted by Crippen LogP contribution is -2.38. The first-order valence-electron chi connectivity index (χ1n) is 10.5. The molecule has 5 nitrogen and oxygen atoms in total. The molecule has 0 radical (unpaired) electrons. The predicted molar refractivity (Wildman–Crippen MR) is 121 cm³/mol. The van der Waals surface area contributed by atoms with Gasteiger partial charge in [0.2, 0.25) is 0 Å². The molecule has 0 amide bonds. The lowest BCUT2D eigenvalue weighted by Gasteiger charge is -2.31. The van der Waals surface area contributed by atoms with Crippen LogP contribution in [0, 0.1) is 0 Å². The van der Waals surface area contributed by atoms with E-state index in [4.69, 9.17) is 9.47 Å². The van der Waals surface area contributed by atoms with Crippen LogP contribution in [0.3, 0.4) is 0 Å². The molecule has 5 heteroatoms. The number of carbonyl (C=O) groups is 3. The van der Waals surface area contributed by atoms with Crippen molar-refractivity contribution in [2.75, 3.05) is 7.11 Å². The maximum absolute atomic E-state index is 13.5. The fourth-order valence-electron chi connectivity index (χ4n) is 3.59. The van der Waals surface area contributed by atoms with Crippen LogP contribution in [0.4, 0.5) is 0 Å². The number of Topliss-reactive ketones (excluding diaryl/α,β-unsaturated/α-hetero) is 2. The van der Waals surface area contributed by atoms with Crippen LogP contribution in [0.2, 0.25) is 0 Å². The Bertz CT molecular complexity index is 1030. The minimum Gasteiger partial charge on any atom is -0.460 e. The number of hydrogen-bond acceptors (Lipinski definition) is 5. The number of carbonyl (C=O) groups excluding carboxylic acids is 3. The smallest absolute Gasteiger partial charge is 0.313 e. The van der Waals surface area contributed by atoms with Crippen molar-refractivity contribution in [2.45, 2.75) is 31.5 Å². The van der Waals surface area contributed by atoms with Gasteiger partial charge >= 0.3 is 5.97 Å². The second-order valence-electron chi connectivity index (χ2n) is 7.45. The van der Waals surface area contributed by atoms with Crippen LogP contribution >= 0.6 is 0 Å². The van der Waals surface area contributed by atoms with Crippen molar-refractivity contribution in [1.29, 1.82) is 0 Å². The van der Waals surface area contributed by atoms with E-state index in [1.165, 1.54) is 7.11 Å². The van der Waals surface area contributed by atoms with Crippen molar-refractivity contribution < 1.29 is 23.9 Å². The van der Waals surface area contributed by atoms with Crippen LogP contribution in [0.1, 0.15) is 40.7 Å². The van der Waals surface area contributed by atoms with Crippen molar-refractivity contribution in [3.8, 4) is 0 Å². The molecule has 1 unspecified atom stereocenters. The summed E-state index contributed by atoms with van der Waals surface area (Å²) in [5.41, 5.74) is 0.680. The fraction of sp³-hybridized carbons (Fsp3) is 0.222. The Hall–Kier alpha value is -3.57. The Morgan fingerprint density at radius 1 is 0.781 bits per heavy atom. The second kappa shape index (κ2) is 11.2. The quantitative estimate of drug-likeness (QED) is 0.246. The van der Waals surface area contributed by atoms with E-state index in [1.54, 1.807) is 24.3 Å². The van der Waals surface area contributed by atoms with Gasteiger partial charge in [-0.25, -0.2) is 0 Å². The highest BCUT2D eigenvalue weighted by molar-refractivity contribution is 6.03. The van der Waals surface area contributed by atoms with Gasteiger partial charge in [-0.15, -0.1) is 0 Å². The second-order valence-corrected chi connectivity index (χ2v) is 7.45. The summed E-state index contributed by atoms with van der Waals surface area (Å²) in [5.74, 6) is -1.12. The standard InChI is InChI=1S/C27H26O5/c1-31-27(23-15-9-4-10-16-23,26(30)22-13-7-3-8-14-22)18-17-24(28)19-25(29)32-20-21-11-5-2-6-12-21/h2-16H,17-20H2,1H3. The van der Waals surface area contributed by atoms with Gasteiger partial charge in [0.15, 0.2) is 11.4 Å². The molecule has 3 aromatic carbocycles. The monoisotopic (exact) mass is 430 g/mol. The number of methoxy groups -OCH3 is 1. The minimum atomic E-state index is -1.33. The van der Waals surface area contributed by atoms with Gasteiger partial charge in [0, 0.05) is 19.1 Å². The first-order chi connectivity index (χ1) is 15.5. The Labute approximate surface area is 188 Å². The molecule has 0 saturated heterocycles. The Balaban J connectivity index is 1.69. The molecule has 0 aromatic heterocycles. The van der Waals surface area contributed by atoms with Crippen LogP contribution in [0.5, 0.6) is 0 Å². The van der Waals surface area contributed by atoms with E-state index in [2.05, 4.69) is 0 Å². The SMILES string of the molecule is COC(CCC(=O)CC(=O)OCc1ccccc1)(C(=O)c1ccccc1)c1ccccc1. The van der Waals surface area contributed by atoms with Crippen LogP contribution in [0.25, 0.3) is 0 Å². The lowest BCUT2D eigenvalue weighted by molar-refractivity contribution is -0.147. The van der Waals surface area contributed by atoms with Gasteiger partial charge in [-0.2, -0.15) is 0 Å². The molecular formula is C27H26O5. The summed E-state index contributed by atoms with van der Waals surface area (Å²) in [4.78, 5) is 38.1. The summed E-state index contributed by atoms with van der Waals surface area (Å²) in [7, 11) is 1.46. The number of esters is 1. The van der Waals surface area contributed by atoms with Gasteiger partial charge < -0.3 is 9.47 Å². The highest BCUT2D eigenvalue weighted by Crippen LogP contribution is 2.34. The third-order valence-electron chi connectivity index (χ3n) is 5.33. The molecule has 0 bridgehead atoms. The average Bonchev–Trinajstić information content (AvgIpc) is 2.85. The Morgan fingerprint density at radius 2 is 1.34 bits per heavy atom. The maximum Gasteiger partial charge on any atom is 0.313 e. The van der Waals surface area contributed by atoms with E-state index >= 15 is 0 Å². The van der Waals surface area contributed by atoms with Gasteiger partial charge in [-0.05, 0) is 17.5 Å². The van der Waals surface area contributed by atoms with E-state index < -0.39 is 11.6 Å². The molecule has 3 rings (SSSR count). The zero-order valence-corrected chi connectivity index (χ0v) is 18.0. The van der Waals surface area contributed by atoms with Gasteiger partial charge in [0.25, 0.3) is 0 Å². The van der Waals surface area contributed by atoms with Gasteiger partial charge in [-0.3, -0.25) is 14.4 Å². The normalized spacial score (nSPS) is 12.5. The molecule has 0 N–H and O–H groups in total. The summed E-state index contributed by atoms with van der Waals surface area (Å²) < 4.78 is 11.0. The average molecular weight is 431 g/mol. The first-order valence-corrected chi connectivity index (χ1v) is 10.5. The topological polar surface area (TPSA) is 69.7 Å². The van der Waals surface area contributed by atoms with Gasteiger partial charge in [0.05, 0.1) is 0 Å². The van der Waals surface area contributed by atoms with Gasteiger partial charge in [0.1, 0.15) is 18.8 Å². The molecular weight excluding hydrogens is 404 g/mol. The summed E-state index contributed by atoms with van der Waals surface area (Å²) in [6.45, 7) is 0.117. The number of rotatable bonds is 11. The summed E-state index contributed by atoms with van der Waals surface area (Å²) in [5, 5.41) is 0. The fourth-order valence-corrected chi connectivity index (χ4v) is 3.59. The predicted octanol–water partition coefficient (Wildman–Crippen LogP) is 4.89. The van der Waals surface area contributed by atoms with Gasteiger partial charge in [-0.1, -0.05) is 91.0 Å². The van der Waals surface area contributed by atoms with Crippen LogP contribution in [-0.4, -0.2) is 24.6 Å². The third kappa shape index (κ3) is 5.77. The van der Waals surface area contributed by atoms with E-state index in [0.29, 0.717) is 11.1 Å². The molecule has 0 saturated carbocycles. The molecule has 0 aliphatic carbocycles. The zero-order chi connectivity index (χ0) is 22.8. The largest absolute Gasteiger partial charge is 0.460 e. The number of hydrogen-bond donors (Lipinski definition) is 0. The van der Waals surface area contributed by atoms with E-state index in [-0.39, 0.29) is 37.4 Å². The van der Waals surface area contributed by atoms with Crippen molar-refractivity contribution in [1.82, 2.24) is 0 Å². The Kier molecular flexibility index (Phi) is 8.06. The summed E-state index contributed by atoms with van der Waals surface area (Å²) in [6.07, 6.45) is -0.227. The molecule has 0 aliphatic rings. The summed E-state index contributed by atoms with van der Waals surface area (Å²) in [6, 6.07) is 27.2. The highest BCUT2D eigenvalue weighted by atomic mass is 16.5. The van der Waals surface area contributed by atoms with E-state index in [1.807, 2.05) is 66.7 Å². The van der Waals surface area contributed by atoms with Crippen molar-refractivity contribution in [2.24, 2.45) is 0 Å². The van der Waals surface area contributed by atoms with Crippen LogP contribution < -0.4 is 0 Å². The highest BCUT2D eigenvalue weighted by Gasteiger charge is 2.41. The minimum absolute atomic E-state index is 0.00173. The molecule has 164 valence electrons. The first kappa shape index (κ1) is 23.1. The molecule has 0 aliphatic heterocycles. The third-order valence-corrected chi connectivity index (χ3v) is 5.33. The zero-order valence-electron chi connectivity index (χ0n) is 18.0. The molecule has 3 aromatic rings.